The van der Waals surface area contributed by atoms with Crippen LogP contribution in [0.5, 0.6) is 0 Å². The molecule has 2 nitrogen and oxygen atoms in total. The van der Waals surface area contributed by atoms with Crippen LogP contribution in [0.2, 0.25) is 0 Å². The van der Waals surface area contributed by atoms with E-state index in [0.717, 1.165) is 17.0 Å². The van der Waals surface area contributed by atoms with Gasteiger partial charge in [-0.15, -0.1) is 0 Å². The first kappa shape index (κ1) is 8.26. The lowest BCUT2D eigenvalue weighted by atomic mass is 10.1. The molecule has 1 heterocycles. The molecule has 1 aliphatic heterocycles. The summed E-state index contributed by atoms with van der Waals surface area (Å²) in [7, 11) is 0. The number of benzene rings is 1. The number of rotatable bonds is 1. The molecule has 66 valence electrons. The molecule has 0 spiro atoms. The fourth-order valence-corrected chi connectivity index (χ4v) is 1.81. The van der Waals surface area contributed by atoms with Crippen molar-refractivity contribution < 1.29 is 0 Å². The third-order valence-electron chi connectivity index (χ3n) is 1.83. The highest BCUT2D eigenvalue weighted by Gasteiger charge is 2.06. The van der Waals surface area contributed by atoms with Gasteiger partial charge < -0.3 is 10.5 Å². The maximum absolute atomic E-state index is 5.83. The van der Waals surface area contributed by atoms with Gasteiger partial charge in [-0.3, -0.25) is 0 Å². The smallest absolute Gasteiger partial charge is 0.0749 e. The minimum Gasteiger partial charge on any atom is -0.397 e. The number of hydrogen-bond donors (Lipinski definition) is 2. The first-order valence-corrected chi connectivity index (χ1v) is 4.89. The van der Waals surface area contributed by atoms with E-state index in [0.29, 0.717) is 0 Å². The van der Waals surface area contributed by atoms with Crippen molar-refractivity contribution in [2.45, 2.75) is 0 Å². The molecule has 3 N–H and O–H groups in total. The van der Waals surface area contributed by atoms with Crippen LogP contribution in [0, 0.1) is 0 Å². The summed E-state index contributed by atoms with van der Waals surface area (Å²) in [4.78, 5) is 0. The summed E-state index contributed by atoms with van der Waals surface area (Å²) in [6.45, 7) is 0. The third kappa shape index (κ3) is 1.70. The van der Waals surface area contributed by atoms with E-state index < -0.39 is 0 Å². The fraction of sp³-hybridized carbons (Fsp3) is 0. The van der Waals surface area contributed by atoms with Crippen LogP contribution in [0.3, 0.4) is 0 Å². The van der Waals surface area contributed by atoms with Crippen LogP contribution < -0.4 is 10.5 Å². The average Bonchev–Trinajstić information content (AvgIpc) is 2.20. The van der Waals surface area contributed by atoms with Crippen LogP contribution in [0.4, 0.5) is 0 Å². The zero-order valence-electron chi connectivity index (χ0n) is 7.03. The molecular formula is C10H10N2S. The summed E-state index contributed by atoms with van der Waals surface area (Å²) in [5.41, 5.74) is 8.73. The molecule has 13 heavy (non-hydrogen) atoms. The first-order valence-electron chi connectivity index (χ1n) is 4.01. The van der Waals surface area contributed by atoms with Crippen LogP contribution in [0.1, 0.15) is 5.56 Å². The molecule has 0 aliphatic carbocycles. The predicted octanol–water partition coefficient (Wildman–Crippen LogP) is 2.08. The van der Waals surface area contributed by atoms with E-state index in [9.17, 15) is 0 Å². The average molecular weight is 190 g/mol. The Balaban J connectivity index is 2.41. The van der Waals surface area contributed by atoms with Gasteiger partial charge >= 0.3 is 0 Å². The molecule has 1 aromatic rings. The van der Waals surface area contributed by atoms with E-state index in [4.69, 9.17) is 5.73 Å². The summed E-state index contributed by atoms with van der Waals surface area (Å²) in [5, 5.41) is 1.93. The maximum Gasteiger partial charge on any atom is 0.0749 e. The normalized spacial score (nSPS) is 15.7. The molecule has 0 saturated carbocycles. The largest absolute Gasteiger partial charge is 0.397 e. The van der Waals surface area contributed by atoms with Crippen LogP contribution in [-0.4, -0.2) is 0 Å². The molecule has 0 saturated heterocycles. The van der Waals surface area contributed by atoms with E-state index >= 15 is 0 Å². The molecule has 1 aromatic carbocycles. The highest BCUT2D eigenvalue weighted by Crippen LogP contribution is 2.21. The molecule has 0 aromatic heterocycles. The van der Waals surface area contributed by atoms with Gasteiger partial charge in [-0.25, -0.2) is 0 Å². The van der Waals surface area contributed by atoms with Crippen molar-refractivity contribution >= 4 is 17.6 Å². The van der Waals surface area contributed by atoms with E-state index in [1.165, 1.54) is 11.9 Å². The Morgan fingerprint density at radius 2 is 1.92 bits per heavy atom. The van der Waals surface area contributed by atoms with Crippen LogP contribution in [-0.2, 0) is 0 Å². The van der Waals surface area contributed by atoms with Gasteiger partial charge in [-0.1, -0.05) is 30.3 Å². The topological polar surface area (TPSA) is 38.0 Å². The van der Waals surface area contributed by atoms with E-state index in [2.05, 4.69) is 4.72 Å². The predicted molar refractivity (Wildman–Crippen MR) is 57.4 cm³/mol. The molecule has 2 rings (SSSR count). The van der Waals surface area contributed by atoms with E-state index in [-0.39, 0.29) is 0 Å². The summed E-state index contributed by atoms with van der Waals surface area (Å²) in [6.07, 6.45) is 1.91. The monoisotopic (exact) mass is 190 g/mol. The molecule has 0 amide bonds. The molecule has 0 bridgehead atoms. The van der Waals surface area contributed by atoms with Crippen LogP contribution in [0.25, 0.3) is 5.70 Å². The van der Waals surface area contributed by atoms with Crippen molar-refractivity contribution in [3.63, 3.8) is 0 Å². The lowest BCUT2D eigenvalue weighted by Crippen LogP contribution is -2.12. The van der Waals surface area contributed by atoms with Crippen molar-refractivity contribution in [1.82, 2.24) is 4.72 Å². The molecule has 0 atom stereocenters. The number of nitrogens with one attached hydrogen (secondary N) is 1. The maximum atomic E-state index is 5.83. The summed E-state index contributed by atoms with van der Waals surface area (Å²) in [5.74, 6) is 0. The van der Waals surface area contributed by atoms with E-state index in [1.54, 1.807) is 0 Å². The summed E-state index contributed by atoms with van der Waals surface area (Å²) in [6, 6.07) is 10.1. The Labute approximate surface area is 81.7 Å². The molecule has 3 heteroatoms. The number of nitrogens with two attached hydrogens (primary N) is 1. The van der Waals surface area contributed by atoms with Crippen molar-refractivity contribution in [1.29, 1.82) is 0 Å². The Hall–Kier alpha value is -1.35. The SMILES string of the molecule is NC1=C(c2ccccc2)NSC=C1. The molecule has 0 unspecified atom stereocenters. The highest BCUT2D eigenvalue weighted by atomic mass is 32.2. The molecule has 0 radical (unpaired) electrons. The standard InChI is InChI=1S/C10H10N2S/c11-9-6-7-13-12-10(9)8-4-2-1-3-5-8/h1-7,12H,11H2. The van der Waals surface area contributed by atoms with Gasteiger partial charge in [0.25, 0.3) is 0 Å². The summed E-state index contributed by atoms with van der Waals surface area (Å²) < 4.78 is 3.17. The van der Waals surface area contributed by atoms with Gasteiger partial charge in [0.15, 0.2) is 0 Å². The van der Waals surface area contributed by atoms with E-state index in [1.807, 2.05) is 41.8 Å². The number of hydrogen-bond acceptors (Lipinski definition) is 3. The zero-order valence-corrected chi connectivity index (χ0v) is 7.84. The highest BCUT2D eigenvalue weighted by molar-refractivity contribution is 8.00. The Morgan fingerprint density at radius 1 is 1.15 bits per heavy atom. The van der Waals surface area contributed by atoms with Gasteiger partial charge in [-0.2, -0.15) is 0 Å². The van der Waals surface area contributed by atoms with Gasteiger partial charge in [0.2, 0.25) is 0 Å². The second-order valence-corrected chi connectivity index (χ2v) is 3.43. The molecule has 1 aliphatic rings. The van der Waals surface area contributed by atoms with Crippen LogP contribution >= 0.6 is 11.9 Å². The lowest BCUT2D eigenvalue weighted by molar-refractivity contribution is 1.30. The Bertz CT molecular complexity index is 354. The van der Waals surface area contributed by atoms with Gasteiger partial charge in [0.1, 0.15) is 0 Å². The fourth-order valence-electron chi connectivity index (χ4n) is 1.17. The molecular weight excluding hydrogens is 180 g/mol. The quantitative estimate of drug-likeness (QED) is 0.666. The minimum absolute atomic E-state index is 0.782. The van der Waals surface area contributed by atoms with Crippen molar-refractivity contribution in [3.05, 3.63) is 53.1 Å². The Kier molecular flexibility index (Phi) is 2.27. The van der Waals surface area contributed by atoms with Crippen molar-refractivity contribution in [3.8, 4) is 0 Å². The van der Waals surface area contributed by atoms with Gasteiger partial charge in [0, 0.05) is 5.56 Å². The minimum atomic E-state index is 0.782. The summed E-state index contributed by atoms with van der Waals surface area (Å²) >= 11 is 1.53. The Morgan fingerprint density at radius 3 is 2.62 bits per heavy atom. The van der Waals surface area contributed by atoms with Gasteiger partial charge in [-0.05, 0) is 23.4 Å². The van der Waals surface area contributed by atoms with Gasteiger partial charge in [0.05, 0.1) is 11.4 Å². The third-order valence-corrected chi connectivity index (χ3v) is 2.42. The zero-order chi connectivity index (χ0) is 9.10. The van der Waals surface area contributed by atoms with Crippen molar-refractivity contribution in [2.24, 2.45) is 5.73 Å². The lowest BCUT2D eigenvalue weighted by Gasteiger charge is -2.14. The molecule has 0 fully saturated rings. The number of allylic oxidation sites excluding steroid dienone is 1. The van der Waals surface area contributed by atoms with Crippen LogP contribution in [0.15, 0.2) is 47.5 Å². The second-order valence-electron chi connectivity index (χ2n) is 2.72. The first-order chi connectivity index (χ1) is 6.38. The van der Waals surface area contributed by atoms with Crippen molar-refractivity contribution in [2.75, 3.05) is 0 Å². The second kappa shape index (κ2) is 3.58.